The Morgan fingerprint density at radius 3 is 1.97 bits per heavy atom. The average Bonchev–Trinajstić information content (AvgIpc) is 2.81. The molecule has 2 unspecified atom stereocenters. The Morgan fingerprint density at radius 2 is 1.46 bits per heavy atom. The molecule has 0 aliphatic heterocycles. The predicted molar refractivity (Wildman–Crippen MR) is 137 cm³/mol. The molecule has 2 rings (SSSR count). The zero-order valence-electron chi connectivity index (χ0n) is 20.4. The third kappa shape index (κ3) is 7.67. The van der Waals surface area contributed by atoms with E-state index in [4.69, 9.17) is 0 Å². The monoisotopic (exact) mass is 488 g/mol. The van der Waals surface area contributed by atoms with Crippen molar-refractivity contribution in [3.63, 3.8) is 0 Å². The normalized spacial score (nSPS) is 13.9. The number of aromatic nitrogens is 2. The molecular weight excluding hydrogens is 453 g/mol. The Hall–Kier alpha value is -2.15. The van der Waals surface area contributed by atoms with Crippen LogP contribution in [0.4, 0.5) is 0 Å². The van der Waals surface area contributed by atoms with Gasteiger partial charge in [-0.3, -0.25) is 9.59 Å². The van der Waals surface area contributed by atoms with Crippen LogP contribution in [0.5, 0.6) is 0 Å². The molecule has 8 N–H and O–H groups in total. The van der Waals surface area contributed by atoms with Gasteiger partial charge in [-0.05, 0) is 55.1 Å². The molecule has 190 valence electrons. The molecule has 0 amide bonds. The van der Waals surface area contributed by atoms with Gasteiger partial charge in [-0.1, -0.05) is 45.7 Å². The van der Waals surface area contributed by atoms with Crippen LogP contribution in [-0.4, -0.2) is 61.5 Å². The van der Waals surface area contributed by atoms with Crippen molar-refractivity contribution in [3.8, 4) is 0 Å². The van der Waals surface area contributed by atoms with Crippen LogP contribution < -0.4 is 27.8 Å². The molecular formula is C22H35B3N2O8. The van der Waals surface area contributed by atoms with Crippen molar-refractivity contribution in [1.29, 1.82) is 0 Å². The quantitative estimate of drug-likeness (QED) is 0.141. The van der Waals surface area contributed by atoms with Crippen LogP contribution >= 0.6 is 0 Å². The second-order valence-electron chi connectivity index (χ2n) is 9.18. The lowest BCUT2D eigenvalue weighted by molar-refractivity contribution is 0.202. The van der Waals surface area contributed by atoms with E-state index in [2.05, 4.69) is 30.7 Å². The second-order valence-corrected chi connectivity index (χ2v) is 9.18. The van der Waals surface area contributed by atoms with Gasteiger partial charge in [-0.25, -0.2) is 0 Å². The van der Waals surface area contributed by atoms with Crippen molar-refractivity contribution in [1.82, 2.24) is 9.97 Å². The molecule has 0 aliphatic rings. The number of pyridine rings is 2. The predicted octanol–water partition coefficient (Wildman–Crippen LogP) is -2.64. The average molecular weight is 488 g/mol. The van der Waals surface area contributed by atoms with E-state index in [-0.39, 0.29) is 34.0 Å². The summed E-state index contributed by atoms with van der Waals surface area (Å²) in [6, 6.07) is 4.40. The maximum absolute atomic E-state index is 12.3. The lowest BCUT2D eigenvalue weighted by Crippen LogP contribution is -2.49. The maximum Gasteiger partial charge on any atom is 0.506 e. The molecule has 35 heavy (non-hydrogen) atoms. The molecule has 3 atom stereocenters. The molecule has 0 fully saturated rings. The Kier molecular flexibility index (Phi) is 11.0. The van der Waals surface area contributed by atoms with Crippen LogP contribution in [-0.2, 0) is 12.8 Å². The summed E-state index contributed by atoms with van der Waals surface area (Å²) in [4.78, 5) is 29.2. The van der Waals surface area contributed by atoms with E-state index >= 15 is 0 Å². The highest BCUT2D eigenvalue weighted by molar-refractivity contribution is 6.60. The molecule has 0 saturated carbocycles. The molecule has 2 aromatic heterocycles. The Morgan fingerprint density at radius 1 is 0.800 bits per heavy atom. The number of rotatable bonds is 13. The number of aromatic amines is 2. The topological polar surface area (TPSA) is 187 Å². The SMILES string of the molecule is CCC(CCc1ccc(B(O)O)[nH]c1=O)C(CCc1cc(B(O)O)c(=O)[nH]c1B(O)O)[C@@H](C)CC. The van der Waals surface area contributed by atoms with Gasteiger partial charge < -0.3 is 40.1 Å². The highest BCUT2D eigenvalue weighted by Gasteiger charge is 2.28. The number of aryl methyl sites for hydroxylation is 2. The Bertz CT molecular complexity index is 1070. The number of H-pyrrole nitrogens is 2. The van der Waals surface area contributed by atoms with Crippen molar-refractivity contribution in [3.05, 3.63) is 50.0 Å². The second kappa shape index (κ2) is 13.2. The van der Waals surface area contributed by atoms with E-state index in [1.807, 2.05) is 0 Å². The summed E-state index contributed by atoms with van der Waals surface area (Å²) >= 11 is 0. The first-order valence-electron chi connectivity index (χ1n) is 12.1. The van der Waals surface area contributed by atoms with Gasteiger partial charge in [0.05, 0.1) is 5.59 Å². The smallest absolute Gasteiger partial charge is 0.423 e. The third-order valence-electron chi connectivity index (χ3n) is 7.05. The number of nitrogens with one attached hydrogen (secondary N) is 2. The fourth-order valence-electron chi connectivity index (χ4n) is 4.77. The van der Waals surface area contributed by atoms with E-state index in [1.54, 1.807) is 6.07 Å². The lowest BCUT2D eigenvalue weighted by Gasteiger charge is -2.31. The van der Waals surface area contributed by atoms with Crippen LogP contribution in [0.2, 0.25) is 0 Å². The van der Waals surface area contributed by atoms with Crippen LogP contribution in [0.1, 0.15) is 57.6 Å². The summed E-state index contributed by atoms with van der Waals surface area (Å²) in [6.07, 6.45) is 4.08. The highest BCUT2D eigenvalue weighted by atomic mass is 16.4. The minimum atomic E-state index is -1.98. The lowest BCUT2D eigenvalue weighted by atomic mass is 9.72. The van der Waals surface area contributed by atoms with E-state index in [0.29, 0.717) is 36.3 Å². The van der Waals surface area contributed by atoms with Gasteiger partial charge in [0.15, 0.2) is 0 Å². The summed E-state index contributed by atoms with van der Waals surface area (Å²) in [5, 5.41) is 56.9. The van der Waals surface area contributed by atoms with Gasteiger partial charge in [0, 0.05) is 16.6 Å². The van der Waals surface area contributed by atoms with E-state index < -0.39 is 26.9 Å². The first-order valence-corrected chi connectivity index (χ1v) is 12.1. The summed E-state index contributed by atoms with van der Waals surface area (Å²) in [6.45, 7) is 6.32. The van der Waals surface area contributed by atoms with Crippen molar-refractivity contribution in [2.24, 2.45) is 17.8 Å². The van der Waals surface area contributed by atoms with Crippen molar-refractivity contribution < 1.29 is 30.1 Å². The molecule has 0 spiro atoms. The Balaban J connectivity index is 2.24. The zero-order valence-corrected chi connectivity index (χ0v) is 20.4. The van der Waals surface area contributed by atoms with Crippen molar-refractivity contribution in [2.75, 3.05) is 0 Å². The number of hydrogen-bond donors (Lipinski definition) is 8. The molecule has 0 aliphatic carbocycles. The summed E-state index contributed by atoms with van der Waals surface area (Å²) in [5.74, 6) is 0.805. The third-order valence-corrected chi connectivity index (χ3v) is 7.05. The van der Waals surface area contributed by atoms with Crippen molar-refractivity contribution in [2.45, 2.75) is 59.3 Å². The summed E-state index contributed by atoms with van der Waals surface area (Å²) in [7, 11) is -5.62. The Labute approximate surface area is 205 Å². The van der Waals surface area contributed by atoms with Gasteiger partial charge >= 0.3 is 21.4 Å². The van der Waals surface area contributed by atoms with Gasteiger partial charge in [0.25, 0.3) is 5.56 Å². The molecule has 2 aromatic rings. The zero-order chi connectivity index (χ0) is 26.3. The van der Waals surface area contributed by atoms with Crippen molar-refractivity contribution >= 4 is 38.0 Å². The van der Waals surface area contributed by atoms with Crippen LogP contribution in [0.3, 0.4) is 0 Å². The fraction of sp³-hybridized carbons (Fsp3) is 0.545. The van der Waals surface area contributed by atoms with Crippen LogP contribution in [0.25, 0.3) is 0 Å². The maximum atomic E-state index is 12.3. The van der Waals surface area contributed by atoms with Gasteiger partial charge in [-0.15, -0.1) is 0 Å². The number of hydrogen-bond acceptors (Lipinski definition) is 8. The van der Waals surface area contributed by atoms with Crippen LogP contribution in [0.15, 0.2) is 27.8 Å². The molecule has 0 aromatic carbocycles. The van der Waals surface area contributed by atoms with Gasteiger partial charge in [-0.2, -0.15) is 0 Å². The first-order chi connectivity index (χ1) is 16.5. The molecule has 0 radical (unpaired) electrons. The first kappa shape index (κ1) is 29.1. The minimum absolute atomic E-state index is 0.0402. The molecule has 2 heterocycles. The van der Waals surface area contributed by atoms with Gasteiger partial charge in [0.2, 0.25) is 5.56 Å². The minimum Gasteiger partial charge on any atom is -0.423 e. The fourth-order valence-corrected chi connectivity index (χ4v) is 4.77. The molecule has 0 bridgehead atoms. The molecule has 13 heteroatoms. The van der Waals surface area contributed by atoms with E-state index in [1.165, 1.54) is 12.1 Å². The highest BCUT2D eigenvalue weighted by Crippen LogP contribution is 2.33. The van der Waals surface area contributed by atoms with Gasteiger partial charge in [0.1, 0.15) is 0 Å². The standard InChI is InChI=1S/C22H35B3N2O8/c1-4-13(3)17(10-8-16-12-18(23(30)31)22(29)27-20(16)25(34)35)14(5-2)6-7-15-9-11-19(24(32)33)26-21(15)28/h9,11-14,17,30-35H,4-8,10H2,1-3H3,(H,26,28)(H,27,29)/t13-,14?,17?/m0/s1. The van der Waals surface area contributed by atoms with E-state index in [9.17, 15) is 39.7 Å². The van der Waals surface area contributed by atoms with E-state index in [0.717, 1.165) is 19.3 Å². The molecule has 10 nitrogen and oxygen atoms in total. The summed E-state index contributed by atoms with van der Waals surface area (Å²) in [5.41, 5.74) is -0.431. The summed E-state index contributed by atoms with van der Waals surface area (Å²) < 4.78 is 0. The largest absolute Gasteiger partial charge is 0.506 e. The molecule has 0 saturated heterocycles. The van der Waals surface area contributed by atoms with Crippen LogP contribution in [0, 0.1) is 17.8 Å².